The molecule has 1 heterocycles. The molecule has 0 aromatic heterocycles. The molecule has 0 amide bonds. The third kappa shape index (κ3) is 3.52. The minimum Gasteiger partial charge on any atom is -0.497 e. The molecule has 2 aromatic rings. The summed E-state index contributed by atoms with van der Waals surface area (Å²) in [5.41, 5.74) is 3.19. The number of fused-ring (bicyclic) bond motifs is 2. The summed E-state index contributed by atoms with van der Waals surface area (Å²) in [4.78, 5) is 0. The molecule has 2 aliphatic rings. The molecule has 2 fully saturated rings. The minimum atomic E-state index is 0.253. The van der Waals surface area contributed by atoms with Crippen molar-refractivity contribution in [1.82, 2.24) is 5.32 Å². The first-order valence-electron chi connectivity index (χ1n) is 10.6. The standard InChI is InChI=1S/C25H33NO/c1-4-21-14-23(20-11-8-12-22(13-20)27-3)24-16-25(21,26-17-18(24)2)15-19-9-6-5-7-10-19/h5-13,18,21,23-24,26H,4,14-17H2,1-3H3. The van der Waals surface area contributed by atoms with Crippen molar-refractivity contribution in [3.05, 3.63) is 65.7 Å². The summed E-state index contributed by atoms with van der Waals surface area (Å²) in [7, 11) is 1.77. The van der Waals surface area contributed by atoms with E-state index in [1.165, 1.54) is 30.4 Å². The van der Waals surface area contributed by atoms with Crippen molar-refractivity contribution in [2.75, 3.05) is 13.7 Å². The van der Waals surface area contributed by atoms with E-state index in [1.807, 2.05) is 0 Å². The monoisotopic (exact) mass is 363 g/mol. The van der Waals surface area contributed by atoms with Gasteiger partial charge in [-0.05, 0) is 72.7 Å². The molecular formula is C25H33NO. The van der Waals surface area contributed by atoms with Gasteiger partial charge in [-0.2, -0.15) is 0 Å². The zero-order valence-electron chi connectivity index (χ0n) is 16.9. The van der Waals surface area contributed by atoms with Crippen LogP contribution in [0.2, 0.25) is 0 Å². The van der Waals surface area contributed by atoms with Crippen LogP contribution in [-0.2, 0) is 6.42 Å². The van der Waals surface area contributed by atoms with Crippen molar-refractivity contribution < 1.29 is 4.74 Å². The third-order valence-corrected chi connectivity index (χ3v) is 7.32. The number of ether oxygens (including phenoxy) is 1. The second-order valence-electron chi connectivity index (χ2n) is 8.77. The summed E-state index contributed by atoms with van der Waals surface area (Å²) in [6.45, 7) is 5.94. The van der Waals surface area contributed by atoms with Gasteiger partial charge in [0, 0.05) is 5.54 Å². The molecule has 1 saturated carbocycles. The van der Waals surface area contributed by atoms with Crippen LogP contribution in [0.1, 0.15) is 50.2 Å². The van der Waals surface area contributed by atoms with E-state index in [4.69, 9.17) is 4.74 Å². The van der Waals surface area contributed by atoms with Crippen LogP contribution < -0.4 is 10.1 Å². The zero-order valence-corrected chi connectivity index (χ0v) is 16.9. The predicted octanol–water partition coefficient (Wildman–Crippen LogP) is 5.44. The summed E-state index contributed by atoms with van der Waals surface area (Å²) in [6, 6.07) is 19.9. The highest BCUT2D eigenvalue weighted by atomic mass is 16.5. The first-order chi connectivity index (χ1) is 13.1. The van der Waals surface area contributed by atoms with Crippen molar-refractivity contribution in [3.63, 3.8) is 0 Å². The van der Waals surface area contributed by atoms with Crippen molar-refractivity contribution >= 4 is 0 Å². The first kappa shape index (κ1) is 18.6. The van der Waals surface area contributed by atoms with Gasteiger partial charge < -0.3 is 10.1 Å². The molecule has 27 heavy (non-hydrogen) atoms. The van der Waals surface area contributed by atoms with Gasteiger partial charge in [-0.1, -0.05) is 62.7 Å². The van der Waals surface area contributed by atoms with Crippen LogP contribution in [-0.4, -0.2) is 19.2 Å². The highest BCUT2D eigenvalue weighted by Crippen LogP contribution is 2.52. The lowest BCUT2D eigenvalue weighted by molar-refractivity contribution is 0.0158. The second-order valence-corrected chi connectivity index (χ2v) is 8.77. The predicted molar refractivity (Wildman–Crippen MR) is 112 cm³/mol. The van der Waals surface area contributed by atoms with Crippen LogP contribution >= 0.6 is 0 Å². The minimum absolute atomic E-state index is 0.253. The Bertz CT molecular complexity index is 758. The number of piperidine rings is 1. The molecule has 2 bridgehead atoms. The maximum absolute atomic E-state index is 5.52. The van der Waals surface area contributed by atoms with E-state index in [2.05, 4.69) is 73.8 Å². The van der Waals surface area contributed by atoms with Crippen LogP contribution in [0.25, 0.3) is 0 Å². The van der Waals surface area contributed by atoms with E-state index in [0.717, 1.165) is 24.6 Å². The van der Waals surface area contributed by atoms with E-state index in [1.54, 1.807) is 7.11 Å². The maximum atomic E-state index is 5.52. The molecule has 2 aromatic carbocycles. The van der Waals surface area contributed by atoms with Gasteiger partial charge in [0.1, 0.15) is 5.75 Å². The third-order valence-electron chi connectivity index (χ3n) is 7.32. The fourth-order valence-corrected chi connectivity index (χ4v) is 5.82. The van der Waals surface area contributed by atoms with Crippen molar-refractivity contribution in [1.29, 1.82) is 0 Å². The fraction of sp³-hybridized carbons (Fsp3) is 0.520. The van der Waals surface area contributed by atoms with Crippen LogP contribution in [0.3, 0.4) is 0 Å². The van der Waals surface area contributed by atoms with Crippen LogP contribution in [0.15, 0.2) is 54.6 Å². The number of hydrogen-bond acceptors (Lipinski definition) is 2. The molecule has 0 spiro atoms. The van der Waals surface area contributed by atoms with Gasteiger partial charge in [-0.25, -0.2) is 0 Å². The Morgan fingerprint density at radius 2 is 1.93 bits per heavy atom. The summed E-state index contributed by atoms with van der Waals surface area (Å²) in [5.74, 6) is 3.79. The summed E-state index contributed by atoms with van der Waals surface area (Å²) in [6.07, 6.45) is 4.95. The maximum Gasteiger partial charge on any atom is 0.119 e. The van der Waals surface area contributed by atoms with E-state index in [9.17, 15) is 0 Å². The number of methoxy groups -OCH3 is 1. The molecule has 5 atom stereocenters. The van der Waals surface area contributed by atoms with Crippen molar-refractivity contribution in [2.24, 2.45) is 17.8 Å². The number of hydrogen-bond donors (Lipinski definition) is 1. The lowest BCUT2D eigenvalue weighted by Crippen LogP contribution is -2.63. The van der Waals surface area contributed by atoms with Gasteiger partial charge in [-0.3, -0.25) is 0 Å². The SMILES string of the molecule is CCC1CC(c2cccc(OC)c2)C2CC1(Cc1ccccc1)NCC2C. The Balaban J connectivity index is 1.66. The second kappa shape index (κ2) is 7.67. The van der Waals surface area contributed by atoms with Crippen LogP contribution in [0.4, 0.5) is 0 Å². The molecule has 1 aliphatic carbocycles. The van der Waals surface area contributed by atoms with E-state index in [0.29, 0.717) is 17.8 Å². The summed E-state index contributed by atoms with van der Waals surface area (Å²) in [5, 5.41) is 4.03. The molecule has 0 radical (unpaired) electrons. The van der Waals surface area contributed by atoms with Gasteiger partial charge >= 0.3 is 0 Å². The highest BCUT2D eigenvalue weighted by Gasteiger charge is 2.51. The van der Waals surface area contributed by atoms with Crippen LogP contribution in [0.5, 0.6) is 5.75 Å². The number of nitrogens with one attached hydrogen (secondary N) is 1. The molecule has 1 saturated heterocycles. The fourth-order valence-electron chi connectivity index (χ4n) is 5.82. The van der Waals surface area contributed by atoms with Crippen LogP contribution in [0, 0.1) is 17.8 Å². The summed E-state index contributed by atoms with van der Waals surface area (Å²) >= 11 is 0. The van der Waals surface area contributed by atoms with E-state index in [-0.39, 0.29) is 5.54 Å². The van der Waals surface area contributed by atoms with Crippen molar-refractivity contribution in [3.8, 4) is 5.75 Å². The average Bonchev–Trinajstić information content (AvgIpc) is 2.72. The quantitative estimate of drug-likeness (QED) is 0.764. The van der Waals surface area contributed by atoms with Gasteiger partial charge in [0.2, 0.25) is 0 Å². The Kier molecular flexibility index (Phi) is 5.27. The average molecular weight is 364 g/mol. The molecule has 2 heteroatoms. The lowest BCUT2D eigenvalue weighted by Gasteiger charge is -2.56. The number of rotatable bonds is 5. The molecular weight excluding hydrogens is 330 g/mol. The van der Waals surface area contributed by atoms with E-state index >= 15 is 0 Å². The topological polar surface area (TPSA) is 21.3 Å². The molecule has 144 valence electrons. The first-order valence-corrected chi connectivity index (χ1v) is 10.6. The molecule has 1 aliphatic heterocycles. The normalized spacial score (nSPS) is 32.9. The zero-order chi connectivity index (χ0) is 18.9. The van der Waals surface area contributed by atoms with Gasteiger partial charge in [0.25, 0.3) is 0 Å². The summed E-state index contributed by atoms with van der Waals surface area (Å²) < 4.78 is 5.52. The Morgan fingerprint density at radius 3 is 2.67 bits per heavy atom. The molecule has 1 N–H and O–H groups in total. The molecule has 5 unspecified atom stereocenters. The van der Waals surface area contributed by atoms with Crippen molar-refractivity contribution in [2.45, 2.75) is 51.0 Å². The molecule has 4 rings (SSSR count). The number of benzene rings is 2. The lowest BCUT2D eigenvalue weighted by atomic mass is 9.55. The Morgan fingerprint density at radius 1 is 1.11 bits per heavy atom. The van der Waals surface area contributed by atoms with Gasteiger partial charge in [-0.15, -0.1) is 0 Å². The smallest absolute Gasteiger partial charge is 0.119 e. The molecule has 2 nitrogen and oxygen atoms in total. The van der Waals surface area contributed by atoms with E-state index < -0.39 is 0 Å². The highest BCUT2D eigenvalue weighted by molar-refractivity contribution is 5.33. The largest absolute Gasteiger partial charge is 0.497 e. The Hall–Kier alpha value is -1.80. The van der Waals surface area contributed by atoms with Gasteiger partial charge in [0.15, 0.2) is 0 Å². The van der Waals surface area contributed by atoms with Gasteiger partial charge in [0.05, 0.1) is 7.11 Å². The Labute approximate surface area is 164 Å².